The number of aromatic nitrogens is 2. The second-order valence-corrected chi connectivity index (χ2v) is 8.35. The summed E-state index contributed by atoms with van der Waals surface area (Å²) in [5, 5.41) is 14.2. The molecule has 4 rings (SSSR count). The molecule has 0 spiro atoms. The van der Waals surface area contributed by atoms with Crippen LogP contribution in [0.15, 0.2) is 54.9 Å². The zero-order valence-corrected chi connectivity index (χ0v) is 18.1. The van der Waals surface area contributed by atoms with Crippen LogP contribution in [0.2, 0.25) is 0 Å². The second kappa shape index (κ2) is 10.3. The first kappa shape index (κ1) is 21.8. The highest BCUT2D eigenvalue weighted by molar-refractivity contribution is 6.01. The van der Waals surface area contributed by atoms with Crippen molar-refractivity contribution in [3.05, 3.63) is 60.4 Å². The van der Waals surface area contributed by atoms with Crippen LogP contribution in [0.25, 0.3) is 11.0 Å². The maximum Gasteiger partial charge on any atom is 0.227 e. The summed E-state index contributed by atoms with van der Waals surface area (Å²) in [5.41, 5.74) is 8.05. The number of ether oxygens (including phenoxy) is 1. The Labute approximate surface area is 187 Å². The van der Waals surface area contributed by atoms with Crippen LogP contribution in [0, 0.1) is 17.2 Å². The van der Waals surface area contributed by atoms with Gasteiger partial charge in [-0.05, 0) is 49.3 Å². The Morgan fingerprint density at radius 3 is 2.69 bits per heavy atom. The van der Waals surface area contributed by atoms with E-state index in [1.54, 1.807) is 6.20 Å². The van der Waals surface area contributed by atoms with Crippen molar-refractivity contribution < 1.29 is 9.53 Å². The first-order valence-corrected chi connectivity index (χ1v) is 11.0. The van der Waals surface area contributed by atoms with Crippen molar-refractivity contribution in [1.29, 1.82) is 5.41 Å². The molecule has 0 aliphatic heterocycles. The average molecular weight is 435 g/mol. The van der Waals surface area contributed by atoms with Gasteiger partial charge in [0.1, 0.15) is 12.4 Å². The maximum absolute atomic E-state index is 12.9. The summed E-state index contributed by atoms with van der Waals surface area (Å²) in [7, 11) is 0. The molecule has 168 valence electrons. The van der Waals surface area contributed by atoms with E-state index in [0.717, 1.165) is 48.0 Å². The van der Waals surface area contributed by atoms with Crippen molar-refractivity contribution in [2.24, 2.45) is 17.6 Å². The van der Waals surface area contributed by atoms with Gasteiger partial charge in [-0.2, -0.15) is 0 Å². The van der Waals surface area contributed by atoms with Crippen molar-refractivity contribution in [3.63, 3.8) is 0 Å². The molecule has 3 aromatic rings. The lowest BCUT2D eigenvalue weighted by Gasteiger charge is -2.28. The van der Waals surface area contributed by atoms with Crippen molar-refractivity contribution in [3.8, 4) is 0 Å². The lowest BCUT2D eigenvalue weighted by atomic mass is 9.81. The number of benzene rings is 1. The number of anilines is 1. The quantitative estimate of drug-likeness (QED) is 0.320. The van der Waals surface area contributed by atoms with E-state index in [1.807, 2.05) is 53.2 Å². The number of fused-ring (bicyclic) bond motifs is 1. The molecule has 1 saturated carbocycles. The van der Waals surface area contributed by atoms with E-state index >= 15 is 0 Å². The summed E-state index contributed by atoms with van der Waals surface area (Å²) in [6.07, 6.45) is 7.26. The number of pyridine rings is 1. The third-order valence-corrected chi connectivity index (χ3v) is 6.06. The van der Waals surface area contributed by atoms with Crippen molar-refractivity contribution in [1.82, 2.24) is 14.9 Å². The zero-order chi connectivity index (χ0) is 22.3. The van der Waals surface area contributed by atoms with Crippen LogP contribution in [-0.2, 0) is 22.9 Å². The van der Waals surface area contributed by atoms with Gasteiger partial charge in [-0.3, -0.25) is 10.2 Å². The molecule has 1 fully saturated rings. The molecule has 32 heavy (non-hydrogen) atoms. The lowest BCUT2D eigenvalue weighted by molar-refractivity contribution is -0.121. The molecule has 0 saturated heterocycles. The summed E-state index contributed by atoms with van der Waals surface area (Å²) in [6.45, 7) is 1.62. The molecule has 0 atom stereocenters. The largest absolute Gasteiger partial charge is 0.370 e. The Balaban J connectivity index is 1.33. The Morgan fingerprint density at radius 2 is 1.94 bits per heavy atom. The molecule has 8 nitrogen and oxygen atoms in total. The van der Waals surface area contributed by atoms with Gasteiger partial charge in [0.15, 0.2) is 5.96 Å². The zero-order valence-electron chi connectivity index (χ0n) is 18.1. The van der Waals surface area contributed by atoms with Gasteiger partial charge < -0.3 is 25.7 Å². The molecule has 0 radical (unpaired) electrons. The van der Waals surface area contributed by atoms with Crippen LogP contribution in [0.1, 0.15) is 31.2 Å². The normalized spacial score (nSPS) is 18.4. The maximum atomic E-state index is 12.9. The third kappa shape index (κ3) is 5.45. The Morgan fingerprint density at radius 1 is 1.16 bits per heavy atom. The SMILES string of the molecule is N=C(N)NC[C@H]1CC[C@H](C(=O)Nc2ccnc3c2ccn3COCc2ccccc2)CC1. The summed E-state index contributed by atoms with van der Waals surface area (Å²) in [6, 6.07) is 13.9. The smallest absolute Gasteiger partial charge is 0.227 e. The van der Waals surface area contributed by atoms with Gasteiger partial charge in [-0.1, -0.05) is 30.3 Å². The fourth-order valence-corrected chi connectivity index (χ4v) is 4.26. The number of guanidine groups is 1. The van der Waals surface area contributed by atoms with Crippen LogP contribution < -0.4 is 16.4 Å². The van der Waals surface area contributed by atoms with Crippen molar-refractivity contribution in [2.75, 3.05) is 11.9 Å². The molecule has 2 heterocycles. The Kier molecular flexibility index (Phi) is 7.01. The predicted octanol–water partition coefficient (Wildman–Crippen LogP) is 3.44. The Bertz CT molecular complexity index is 1060. The minimum atomic E-state index is 0.00286. The molecule has 2 aromatic heterocycles. The molecular weight excluding hydrogens is 404 g/mol. The number of nitrogens with two attached hydrogens (primary N) is 1. The Hall–Kier alpha value is -3.39. The van der Waals surface area contributed by atoms with Gasteiger partial charge in [0.2, 0.25) is 5.91 Å². The number of carbonyl (C=O) groups excluding carboxylic acids is 1. The van der Waals surface area contributed by atoms with Crippen LogP contribution in [0.5, 0.6) is 0 Å². The molecule has 0 unspecified atom stereocenters. The number of hydrogen-bond acceptors (Lipinski definition) is 4. The van der Waals surface area contributed by atoms with Crippen LogP contribution in [-0.4, -0.2) is 28.0 Å². The highest BCUT2D eigenvalue weighted by Gasteiger charge is 2.26. The number of nitrogens with zero attached hydrogens (tertiary/aromatic N) is 2. The molecular formula is C24H30N6O2. The summed E-state index contributed by atoms with van der Waals surface area (Å²) >= 11 is 0. The van der Waals surface area contributed by atoms with Gasteiger partial charge in [0.05, 0.1) is 12.3 Å². The van der Waals surface area contributed by atoms with Gasteiger partial charge >= 0.3 is 0 Å². The average Bonchev–Trinajstić information content (AvgIpc) is 3.23. The van der Waals surface area contributed by atoms with E-state index in [2.05, 4.69) is 15.6 Å². The first-order valence-electron chi connectivity index (χ1n) is 11.0. The topological polar surface area (TPSA) is 118 Å². The molecule has 1 amide bonds. The second-order valence-electron chi connectivity index (χ2n) is 8.35. The van der Waals surface area contributed by atoms with E-state index in [9.17, 15) is 4.79 Å². The molecule has 0 bridgehead atoms. The molecule has 1 aliphatic carbocycles. The summed E-state index contributed by atoms with van der Waals surface area (Å²) in [4.78, 5) is 17.4. The number of carbonyl (C=O) groups is 1. The highest BCUT2D eigenvalue weighted by Crippen LogP contribution is 2.30. The molecule has 1 aromatic carbocycles. The fraction of sp³-hybridized carbons (Fsp3) is 0.375. The van der Waals surface area contributed by atoms with Crippen LogP contribution in [0.4, 0.5) is 5.69 Å². The van der Waals surface area contributed by atoms with Gasteiger partial charge in [0, 0.05) is 30.2 Å². The van der Waals surface area contributed by atoms with E-state index < -0.39 is 0 Å². The van der Waals surface area contributed by atoms with Gasteiger partial charge in [-0.15, -0.1) is 0 Å². The summed E-state index contributed by atoms with van der Waals surface area (Å²) in [5.74, 6) is 0.524. The van der Waals surface area contributed by atoms with Crippen molar-refractivity contribution >= 4 is 28.6 Å². The lowest BCUT2D eigenvalue weighted by Crippen LogP contribution is -2.36. The number of nitrogens with one attached hydrogen (secondary N) is 3. The van der Waals surface area contributed by atoms with E-state index in [4.69, 9.17) is 15.9 Å². The molecule has 1 aliphatic rings. The number of amides is 1. The number of rotatable bonds is 8. The van der Waals surface area contributed by atoms with Crippen LogP contribution >= 0.6 is 0 Å². The molecule has 8 heteroatoms. The highest BCUT2D eigenvalue weighted by atomic mass is 16.5. The van der Waals surface area contributed by atoms with Crippen LogP contribution in [0.3, 0.4) is 0 Å². The van der Waals surface area contributed by atoms with E-state index in [1.165, 1.54) is 0 Å². The fourth-order valence-electron chi connectivity index (χ4n) is 4.26. The van der Waals surface area contributed by atoms with Gasteiger partial charge in [-0.25, -0.2) is 4.98 Å². The van der Waals surface area contributed by atoms with Crippen molar-refractivity contribution in [2.45, 2.75) is 39.0 Å². The number of hydrogen-bond donors (Lipinski definition) is 4. The standard InChI is InChI=1S/C24H30N6O2/c25-24(26)28-14-17-6-8-19(9-7-17)23(31)29-21-10-12-27-22-20(21)11-13-30(22)16-32-15-18-4-2-1-3-5-18/h1-5,10-13,17,19H,6-9,14-16H2,(H4,25,26,28)(H,27,29,31)/t17-,19-. The predicted molar refractivity (Wildman–Crippen MR) is 125 cm³/mol. The monoisotopic (exact) mass is 434 g/mol. The van der Waals surface area contributed by atoms with E-state index in [-0.39, 0.29) is 17.8 Å². The van der Waals surface area contributed by atoms with Gasteiger partial charge in [0.25, 0.3) is 0 Å². The minimum absolute atomic E-state index is 0.00286. The van der Waals surface area contributed by atoms with E-state index in [0.29, 0.717) is 25.8 Å². The molecule has 5 N–H and O–H groups in total. The minimum Gasteiger partial charge on any atom is -0.370 e. The summed E-state index contributed by atoms with van der Waals surface area (Å²) < 4.78 is 7.79. The first-order chi connectivity index (χ1) is 15.6. The third-order valence-electron chi connectivity index (χ3n) is 6.06.